The zero-order chi connectivity index (χ0) is 17.4. The number of amides is 1. The molecule has 0 aromatic heterocycles. The molecule has 0 saturated carbocycles. The summed E-state index contributed by atoms with van der Waals surface area (Å²) in [5.41, 5.74) is 2.11. The summed E-state index contributed by atoms with van der Waals surface area (Å²) in [6.07, 6.45) is 0. The Morgan fingerprint density at radius 3 is 2.57 bits per heavy atom. The Hall–Kier alpha value is -1.75. The fourth-order valence-corrected chi connectivity index (χ4v) is 1.89. The summed E-state index contributed by atoms with van der Waals surface area (Å²) in [6.45, 7) is 7.76. The predicted octanol–water partition coefficient (Wildman–Crippen LogP) is 2.43. The van der Waals surface area contributed by atoms with Gasteiger partial charge in [0.05, 0.1) is 13.1 Å². The van der Waals surface area contributed by atoms with Crippen LogP contribution in [0.2, 0.25) is 5.02 Å². The average molecular weight is 339 g/mol. The van der Waals surface area contributed by atoms with E-state index in [1.807, 2.05) is 25.1 Å². The van der Waals surface area contributed by atoms with Crippen LogP contribution in [0.4, 0.5) is 0 Å². The van der Waals surface area contributed by atoms with Crippen LogP contribution < -0.4 is 10.6 Å². The molecule has 0 bridgehead atoms. The maximum atomic E-state index is 11.7. The minimum Gasteiger partial charge on any atom is -0.356 e. The van der Waals surface area contributed by atoms with Gasteiger partial charge in [0.1, 0.15) is 0 Å². The molecule has 0 radical (unpaired) electrons. The van der Waals surface area contributed by atoms with Gasteiger partial charge in [-0.15, -0.1) is 0 Å². The van der Waals surface area contributed by atoms with Crippen molar-refractivity contribution in [1.29, 1.82) is 0 Å². The van der Waals surface area contributed by atoms with Gasteiger partial charge in [-0.3, -0.25) is 4.79 Å². The molecule has 0 aliphatic heterocycles. The molecule has 0 atom stereocenters. The van der Waals surface area contributed by atoms with Gasteiger partial charge in [0.2, 0.25) is 5.91 Å². The fraction of sp³-hybridized carbons (Fsp3) is 0.529. The smallest absolute Gasteiger partial charge is 0.241 e. The Morgan fingerprint density at radius 2 is 2.00 bits per heavy atom. The topological polar surface area (TPSA) is 56.7 Å². The van der Waals surface area contributed by atoms with E-state index in [1.165, 1.54) is 0 Å². The van der Waals surface area contributed by atoms with Gasteiger partial charge >= 0.3 is 0 Å². The van der Waals surface area contributed by atoms with Crippen LogP contribution in [0.15, 0.2) is 23.2 Å². The molecule has 0 unspecified atom stereocenters. The number of halogens is 1. The van der Waals surface area contributed by atoms with E-state index in [-0.39, 0.29) is 12.5 Å². The molecule has 0 aliphatic carbocycles. The van der Waals surface area contributed by atoms with Crippen molar-refractivity contribution in [2.45, 2.75) is 27.3 Å². The van der Waals surface area contributed by atoms with E-state index in [9.17, 15) is 4.79 Å². The van der Waals surface area contributed by atoms with Gasteiger partial charge in [-0.1, -0.05) is 37.6 Å². The highest BCUT2D eigenvalue weighted by molar-refractivity contribution is 6.31. The summed E-state index contributed by atoms with van der Waals surface area (Å²) in [4.78, 5) is 17.8. The van der Waals surface area contributed by atoms with Gasteiger partial charge in [-0.2, -0.15) is 0 Å². The van der Waals surface area contributed by atoms with Crippen LogP contribution in [-0.2, 0) is 11.3 Å². The Labute approximate surface area is 144 Å². The zero-order valence-corrected chi connectivity index (χ0v) is 15.4. The van der Waals surface area contributed by atoms with Crippen LogP contribution in [0.3, 0.4) is 0 Å². The van der Waals surface area contributed by atoms with Crippen LogP contribution in [0.5, 0.6) is 0 Å². The van der Waals surface area contributed by atoms with Gasteiger partial charge in [-0.25, -0.2) is 4.99 Å². The van der Waals surface area contributed by atoms with Gasteiger partial charge in [0, 0.05) is 25.7 Å². The highest BCUT2D eigenvalue weighted by Crippen LogP contribution is 2.16. The summed E-state index contributed by atoms with van der Waals surface area (Å²) >= 11 is 6.04. The van der Waals surface area contributed by atoms with Crippen LogP contribution in [0.25, 0.3) is 0 Å². The Bertz CT molecular complexity index is 556. The van der Waals surface area contributed by atoms with E-state index in [0.29, 0.717) is 18.4 Å². The monoisotopic (exact) mass is 338 g/mol. The van der Waals surface area contributed by atoms with Crippen molar-refractivity contribution >= 4 is 23.5 Å². The van der Waals surface area contributed by atoms with Gasteiger partial charge in [0.25, 0.3) is 0 Å². The first-order valence-electron chi connectivity index (χ1n) is 7.77. The molecule has 0 heterocycles. The van der Waals surface area contributed by atoms with E-state index < -0.39 is 0 Å². The number of guanidine groups is 1. The van der Waals surface area contributed by atoms with Crippen LogP contribution in [-0.4, -0.2) is 44.0 Å². The number of aryl methyl sites for hydroxylation is 1. The van der Waals surface area contributed by atoms with Crippen molar-refractivity contribution in [2.75, 3.05) is 27.2 Å². The number of likely N-dealkylation sites (N-methyl/N-ethyl adjacent to an activating group) is 1. The molecule has 6 heteroatoms. The quantitative estimate of drug-likeness (QED) is 0.618. The van der Waals surface area contributed by atoms with Gasteiger partial charge in [-0.05, 0) is 30.0 Å². The first kappa shape index (κ1) is 19.3. The molecule has 1 aromatic rings. The lowest BCUT2D eigenvalue weighted by atomic mass is 10.1. The van der Waals surface area contributed by atoms with Crippen LogP contribution in [0, 0.1) is 12.8 Å². The van der Waals surface area contributed by atoms with Crippen molar-refractivity contribution in [3.63, 3.8) is 0 Å². The van der Waals surface area contributed by atoms with Crippen molar-refractivity contribution in [2.24, 2.45) is 10.9 Å². The lowest BCUT2D eigenvalue weighted by molar-refractivity contribution is -0.127. The maximum Gasteiger partial charge on any atom is 0.241 e. The number of carbonyl (C=O) groups is 1. The predicted molar refractivity (Wildman–Crippen MR) is 96.9 cm³/mol. The molecule has 0 saturated heterocycles. The highest BCUT2D eigenvalue weighted by atomic mass is 35.5. The standard InChI is InChI=1S/C17H27ClN4O/c1-12(2)9-19-17(21-11-16(23)22(4)5)20-10-14-6-7-15(18)13(3)8-14/h6-8,12H,9-11H2,1-5H3,(H2,19,20,21). The molecular formula is C17H27ClN4O. The number of carbonyl (C=O) groups excluding carboxylic acids is 1. The molecule has 5 nitrogen and oxygen atoms in total. The van der Waals surface area contributed by atoms with E-state index in [1.54, 1.807) is 19.0 Å². The second-order valence-electron chi connectivity index (χ2n) is 6.16. The summed E-state index contributed by atoms with van der Waals surface area (Å²) < 4.78 is 0. The SMILES string of the molecule is Cc1cc(CN=C(NCC(=O)N(C)C)NCC(C)C)ccc1Cl. The van der Waals surface area contributed by atoms with Gasteiger partial charge < -0.3 is 15.5 Å². The van der Waals surface area contributed by atoms with Crippen molar-refractivity contribution < 1.29 is 4.79 Å². The third-order valence-corrected chi connectivity index (χ3v) is 3.65. The third-order valence-electron chi connectivity index (χ3n) is 3.23. The molecular weight excluding hydrogens is 312 g/mol. The molecule has 128 valence electrons. The maximum absolute atomic E-state index is 11.7. The molecule has 23 heavy (non-hydrogen) atoms. The van der Waals surface area contributed by atoms with Crippen LogP contribution >= 0.6 is 11.6 Å². The van der Waals surface area contributed by atoms with E-state index in [0.717, 1.165) is 22.7 Å². The Balaban J connectivity index is 2.72. The number of hydrogen-bond donors (Lipinski definition) is 2. The van der Waals surface area contributed by atoms with Crippen molar-refractivity contribution in [1.82, 2.24) is 15.5 Å². The number of rotatable bonds is 6. The Morgan fingerprint density at radius 1 is 1.30 bits per heavy atom. The third kappa shape index (κ3) is 7.37. The molecule has 1 rings (SSSR count). The first-order valence-corrected chi connectivity index (χ1v) is 8.14. The minimum absolute atomic E-state index is 0.00591. The molecule has 2 N–H and O–H groups in total. The second-order valence-corrected chi connectivity index (χ2v) is 6.57. The number of aliphatic imine (C=N–C) groups is 1. The highest BCUT2D eigenvalue weighted by Gasteiger charge is 2.06. The fourth-order valence-electron chi connectivity index (χ4n) is 1.77. The van der Waals surface area contributed by atoms with E-state index in [4.69, 9.17) is 11.6 Å². The number of nitrogens with zero attached hydrogens (tertiary/aromatic N) is 2. The molecule has 1 aromatic carbocycles. The zero-order valence-electron chi connectivity index (χ0n) is 14.6. The van der Waals surface area contributed by atoms with Crippen molar-refractivity contribution in [3.8, 4) is 0 Å². The van der Waals surface area contributed by atoms with Crippen molar-refractivity contribution in [3.05, 3.63) is 34.3 Å². The number of hydrogen-bond acceptors (Lipinski definition) is 2. The second kappa shape index (κ2) is 9.40. The molecule has 0 aliphatic rings. The first-order chi connectivity index (χ1) is 10.8. The summed E-state index contributed by atoms with van der Waals surface area (Å²) in [5, 5.41) is 7.08. The lowest BCUT2D eigenvalue weighted by Gasteiger charge is -2.16. The molecule has 0 spiro atoms. The summed E-state index contributed by atoms with van der Waals surface area (Å²) in [5.74, 6) is 1.14. The van der Waals surface area contributed by atoms with E-state index in [2.05, 4.69) is 29.5 Å². The molecule has 1 amide bonds. The summed E-state index contributed by atoms with van der Waals surface area (Å²) in [6, 6.07) is 5.87. The average Bonchev–Trinajstić information content (AvgIpc) is 2.49. The number of benzene rings is 1. The summed E-state index contributed by atoms with van der Waals surface area (Å²) in [7, 11) is 3.47. The van der Waals surface area contributed by atoms with E-state index >= 15 is 0 Å². The minimum atomic E-state index is 0.00591. The lowest BCUT2D eigenvalue weighted by Crippen LogP contribution is -2.44. The largest absolute Gasteiger partial charge is 0.356 e. The van der Waals surface area contributed by atoms with Gasteiger partial charge in [0.15, 0.2) is 5.96 Å². The van der Waals surface area contributed by atoms with Crippen LogP contribution in [0.1, 0.15) is 25.0 Å². The normalized spacial score (nSPS) is 11.5. The number of nitrogens with one attached hydrogen (secondary N) is 2. The molecule has 0 fully saturated rings. The Kier molecular flexibility index (Phi) is 7.89.